The maximum atomic E-state index is 4.67. The van der Waals surface area contributed by atoms with E-state index < -0.39 is 0 Å². The summed E-state index contributed by atoms with van der Waals surface area (Å²) in [7, 11) is 1.91. The highest BCUT2D eigenvalue weighted by Gasteiger charge is 2.06. The van der Waals surface area contributed by atoms with Gasteiger partial charge in [0.15, 0.2) is 0 Å². The first-order valence-electron chi connectivity index (χ1n) is 5.43. The van der Waals surface area contributed by atoms with Gasteiger partial charge in [-0.3, -0.25) is 0 Å². The Morgan fingerprint density at radius 2 is 2.06 bits per heavy atom. The van der Waals surface area contributed by atoms with Crippen molar-refractivity contribution < 1.29 is 0 Å². The van der Waals surface area contributed by atoms with Crippen molar-refractivity contribution >= 4 is 32.7 Å². The fourth-order valence-corrected chi connectivity index (χ4v) is 2.47. The van der Waals surface area contributed by atoms with Gasteiger partial charge in [-0.2, -0.15) is 0 Å². The largest absolute Gasteiger partial charge is 0.373 e. The first kappa shape index (κ1) is 11.4. The number of nitrogens with one attached hydrogen (secondary N) is 1. The van der Waals surface area contributed by atoms with E-state index in [0.717, 1.165) is 22.2 Å². The Hall–Kier alpha value is -1.09. The summed E-state index contributed by atoms with van der Waals surface area (Å²) in [5.41, 5.74) is 3.55. The highest BCUT2D eigenvalue weighted by atomic mass is 79.9. The third kappa shape index (κ3) is 1.92. The second-order valence-corrected chi connectivity index (χ2v) is 4.81. The molecule has 0 bridgehead atoms. The fraction of sp³-hybridized carbons (Fsp3) is 0.308. The molecule has 2 rings (SSSR count). The van der Waals surface area contributed by atoms with Gasteiger partial charge in [-0.05, 0) is 42.7 Å². The minimum Gasteiger partial charge on any atom is -0.373 e. The molecule has 2 aromatic rings. The van der Waals surface area contributed by atoms with Crippen LogP contribution in [0.5, 0.6) is 0 Å². The number of pyridine rings is 1. The lowest BCUT2D eigenvalue weighted by Crippen LogP contribution is -1.98. The predicted molar refractivity (Wildman–Crippen MR) is 73.1 cm³/mol. The maximum absolute atomic E-state index is 4.67. The zero-order chi connectivity index (χ0) is 11.7. The standard InChI is InChI=1S/C13H15BrN2/c1-4-9-6-11(14)7-10-5-8(2)13(15-3)16-12(9)10/h5-7H,4H2,1-3H3,(H,15,16). The van der Waals surface area contributed by atoms with Crippen LogP contribution in [0.1, 0.15) is 18.1 Å². The molecule has 1 heterocycles. The van der Waals surface area contributed by atoms with Crippen LogP contribution in [-0.4, -0.2) is 12.0 Å². The van der Waals surface area contributed by atoms with Gasteiger partial charge in [-0.25, -0.2) is 4.98 Å². The molecule has 1 aromatic heterocycles. The van der Waals surface area contributed by atoms with Crippen molar-refractivity contribution in [2.24, 2.45) is 0 Å². The molecule has 0 saturated heterocycles. The van der Waals surface area contributed by atoms with E-state index in [1.54, 1.807) is 0 Å². The number of anilines is 1. The van der Waals surface area contributed by atoms with Gasteiger partial charge in [0.25, 0.3) is 0 Å². The van der Waals surface area contributed by atoms with Crippen LogP contribution in [0.15, 0.2) is 22.7 Å². The van der Waals surface area contributed by atoms with Crippen LogP contribution in [0.3, 0.4) is 0 Å². The average Bonchev–Trinajstić information content (AvgIpc) is 2.26. The number of aryl methyl sites for hydroxylation is 2. The summed E-state index contributed by atoms with van der Waals surface area (Å²) < 4.78 is 1.12. The first-order valence-corrected chi connectivity index (χ1v) is 6.22. The molecule has 0 aliphatic heterocycles. The highest BCUT2D eigenvalue weighted by molar-refractivity contribution is 9.10. The van der Waals surface area contributed by atoms with Gasteiger partial charge in [0.2, 0.25) is 0 Å². The van der Waals surface area contributed by atoms with Crippen LogP contribution >= 0.6 is 15.9 Å². The molecule has 84 valence electrons. The summed E-state index contributed by atoms with van der Waals surface area (Å²) in [5, 5.41) is 4.33. The lowest BCUT2D eigenvalue weighted by Gasteiger charge is -2.10. The minimum absolute atomic E-state index is 0.963. The molecule has 0 saturated carbocycles. The predicted octanol–water partition coefficient (Wildman–Crippen LogP) is 3.91. The molecular formula is C13H15BrN2. The molecule has 1 N–H and O–H groups in total. The molecule has 1 aromatic carbocycles. The van der Waals surface area contributed by atoms with E-state index in [0.29, 0.717) is 0 Å². The summed E-state index contributed by atoms with van der Waals surface area (Å²) in [4.78, 5) is 4.67. The molecular weight excluding hydrogens is 264 g/mol. The summed E-state index contributed by atoms with van der Waals surface area (Å²) in [6, 6.07) is 6.44. The molecule has 16 heavy (non-hydrogen) atoms. The van der Waals surface area contributed by atoms with Gasteiger partial charge < -0.3 is 5.32 Å². The number of hydrogen-bond acceptors (Lipinski definition) is 2. The number of hydrogen-bond donors (Lipinski definition) is 1. The van der Waals surface area contributed by atoms with Gasteiger partial charge >= 0.3 is 0 Å². The van der Waals surface area contributed by atoms with E-state index in [-0.39, 0.29) is 0 Å². The molecule has 0 aliphatic rings. The van der Waals surface area contributed by atoms with Gasteiger partial charge in [-0.1, -0.05) is 22.9 Å². The van der Waals surface area contributed by atoms with Crippen molar-refractivity contribution in [3.8, 4) is 0 Å². The molecule has 0 unspecified atom stereocenters. The Balaban J connectivity index is 2.79. The van der Waals surface area contributed by atoms with E-state index in [9.17, 15) is 0 Å². The van der Waals surface area contributed by atoms with E-state index in [2.05, 4.69) is 58.3 Å². The maximum Gasteiger partial charge on any atom is 0.129 e. The molecule has 0 aliphatic carbocycles. The zero-order valence-electron chi connectivity index (χ0n) is 9.76. The minimum atomic E-state index is 0.963. The zero-order valence-corrected chi connectivity index (χ0v) is 11.4. The van der Waals surface area contributed by atoms with Crippen molar-refractivity contribution in [2.75, 3.05) is 12.4 Å². The van der Waals surface area contributed by atoms with Crippen LogP contribution in [0, 0.1) is 6.92 Å². The van der Waals surface area contributed by atoms with Gasteiger partial charge in [-0.15, -0.1) is 0 Å². The Morgan fingerprint density at radius 1 is 1.31 bits per heavy atom. The number of nitrogens with zero attached hydrogens (tertiary/aromatic N) is 1. The normalized spacial score (nSPS) is 10.8. The SMILES string of the molecule is CCc1cc(Br)cc2cc(C)c(NC)nc12. The second-order valence-electron chi connectivity index (χ2n) is 3.89. The number of aromatic nitrogens is 1. The average molecular weight is 279 g/mol. The Kier molecular flexibility index (Phi) is 3.15. The molecule has 0 spiro atoms. The molecule has 2 nitrogen and oxygen atoms in total. The third-order valence-electron chi connectivity index (χ3n) is 2.77. The van der Waals surface area contributed by atoms with Crippen LogP contribution in [0.25, 0.3) is 10.9 Å². The van der Waals surface area contributed by atoms with Crippen LogP contribution in [0.2, 0.25) is 0 Å². The summed E-state index contributed by atoms with van der Waals surface area (Å²) in [6.45, 7) is 4.23. The summed E-state index contributed by atoms with van der Waals surface area (Å²) >= 11 is 3.54. The lowest BCUT2D eigenvalue weighted by atomic mass is 10.1. The van der Waals surface area contributed by atoms with Crippen molar-refractivity contribution in [2.45, 2.75) is 20.3 Å². The number of benzene rings is 1. The first-order chi connectivity index (χ1) is 7.65. The van der Waals surface area contributed by atoms with Crippen molar-refractivity contribution in [3.05, 3.63) is 33.8 Å². The van der Waals surface area contributed by atoms with Crippen molar-refractivity contribution in [1.29, 1.82) is 0 Å². The van der Waals surface area contributed by atoms with E-state index in [4.69, 9.17) is 0 Å². The van der Waals surface area contributed by atoms with Crippen LogP contribution in [0.4, 0.5) is 5.82 Å². The van der Waals surface area contributed by atoms with Crippen molar-refractivity contribution in [1.82, 2.24) is 4.98 Å². The third-order valence-corrected chi connectivity index (χ3v) is 3.23. The quantitative estimate of drug-likeness (QED) is 0.901. The highest BCUT2D eigenvalue weighted by Crippen LogP contribution is 2.26. The Bertz CT molecular complexity index is 535. The van der Waals surface area contributed by atoms with Crippen LogP contribution in [-0.2, 0) is 6.42 Å². The molecule has 0 fully saturated rings. The molecule has 0 amide bonds. The van der Waals surface area contributed by atoms with Gasteiger partial charge in [0.05, 0.1) is 5.52 Å². The van der Waals surface area contributed by atoms with Gasteiger partial charge in [0, 0.05) is 16.9 Å². The number of halogens is 1. The summed E-state index contributed by atoms with van der Waals surface area (Å²) in [5.74, 6) is 0.963. The second kappa shape index (κ2) is 4.42. The fourth-order valence-electron chi connectivity index (χ4n) is 1.95. The van der Waals surface area contributed by atoms with Crippen LogP contribution < -0.4 is 5.32 Å². The van der Waals surface area contributed by atoms with E-state index in [1.165, 1.54) is 16.5 Å². The van der Waals surface area contributed by atoms with E-state index in [1.807, 2.05) is 7.05 Å². The summed E-state index contributed by atoms with van der Waals surface area (Å²) in [6.07, 6.45) is 0.995. The number of rotatable bonds is 2. The Morgan fingerprint density at radius 3 is 2.69 bits per heavy atom. The Labute approximate surface area is 104 Å². The van der Waals surface area contributed by atoms with E-state index >= 15 is 0 Å². The molecule has 0 radical (unpaired) electrons. The monoisotopic (exact) mass is 278 g/mol. The topological polar surface area (TPSA) is 24.9 Å². The number of fused-ring (bicyclic) bond motifs is 1. The lowest BCUT2D eigenvalue weighted by molar-refractivity contribution is 1.14. The molecule has 3 heteroatoms. The van der Waals surface area contributed by atoms with Gasteiger partial charge in [0.1, 0.15) is 5.82 Å². The molecule has 0 atom stereocenters. The van der Waals surface area contributed by atoms with Crippen molar-refractivity contribution in [3.63, 3.8) is 0 Å². The smallest absolute Gasteiger partial charge is 0.129 e.